The third-order valence-corrected chi connectivity index (χ3v) is 4.02. The van der Waals surface area contributed by atoms with Gasteiger partial charge in [0.25, 0.3) is 5.56 Å². The quantitative estimate of drug-likeness (QED) is 0.902. The van der Waals surface area contributed by atoms with Crippen molar-refractivity contribution in [3.63, 3.8) is 0 Å². The molecule has 0 spiro atoms. The lowest BCUT2D eigenvalue weighted by atomic mass is 10.0. The summed E-state index contributed by atoms with van der Waals surface area (Å²) in [5.74, 6) is 0.676. The smallest absolute Gasteiger partial charge is 0.382 e. The Morgan fingerprint density at radius 1 is 1.38 bits per heavy atom. The lowest BCUT2D eigenvalue weighted by Crippen LogP contribution is -2.31. The summed E-state index contributed by atoms with van der Waals surface area (Å²) in [6, 6.07) is 0. The second-order valence-corrected chi connectivity index (χ2v) is 5.69. The van der Waals surface area contributed by atoms with E-state index in [4.69, 9.17) is 11.6 Å². The van der Waals surface area contributed by atoms with Gasteiger partial charge in [0.05, 0.1) is 11.9 Å². The van der Waals surface area contributed by atoms with Crippen molar-refractivity contribution >= 4 is 17.3 Å². The Balaban J connectivity index is 1.97. The van der Waals surface area contributed by atoms with Crippen LogP contribution in [-0.2, 0) is 6.54 Å². The van der Waals surface area contributed by atoms with Gasteiger partial charge in [0.1, 0.15) is 11.6 Å². The molecular formula is C13H17ClF3N3O. The van der Waals surface area contributed by atoms with E-state index in [9.17, 15) is 18.0 Å². The number of rotatable bonds is 5. The first-order chi connectivity index (χ1) is 9.87. The van der Waals surface area contributed by atoms with Crippen LogP contribution in [-0.4, -0.2) is 22.5 Å². The van der Waals surface area contributed by atoms with Crippen molar-refractivity contribution in [1.82, 2.24) is 9.78 Å². The normalized spacial score (nSPS) is 16.4. The lowest BCUT2D eigenvalue weighted by molar-refractivity contribution is -0.143. The second kappa shape index (κ2) is 6.68. The molecule has 0 aromatic carbocycles. The molecule has 1 N–H and O–H groups in total. The SMILES string of the molecule is O=c1c(Cl)c(NCCC2CCCC2)cnn1CC(F)(F)F. The Morgan fingerprint density at radius 3 is 2.67 bits per heavy atom. The summed E-state index contributed by atoms with van der Waals surface area (Å²) in [5.41, 5.74) is -0.641. The van der Waals surface area contributed by atoms with E-state index in [1.165, 1.54) is 31.9 Å². The van der Waals surface area contributed by atoms with E-state index >= 15 is 0 Å². The maximum Gasteiger partial charge on any atom is 0.408 e. The zero-order chi connectivity index (χ0) is 15.5. The molecule has 1 fully saturated rings. The van der Waals surface area contributed by atoms with Gasteiger partial charge in [-0.2, -0.15) is 18.3 Å². The molecular weight excluding hydrogens is 307 g/mol. The van der Waals surface area contributed by atoms with Crippen LogP contribution in [0.1, 0.15) is 32.1 Å². The Labute approximate surface area is 125 Å². The van der Waals surface area contributed by atoms with Crippen molar-refractivity contribution in [2.24, 2.45) is 5.92 Å². The summed E-state index contributed by atoms with van der Waals surface area (Å²) < 4.78 is 37.1. The van der Waals surface area contributed by atoms with Gasteiger partial charge in [-0.05, 0) is 12.3 Å². The van der Waals surface area contributed by atoms with E-state index < -0.39 is 18.3 Å². The lowest BCUT2D eigenvalue weighted by Gasteiger charge is -2.13. The molecule has 0 atom stereocenters. The average molecular weight is 324 g/mol. The van der Waals surface area contributed by atoms with Crippen LogP contribution in [0.2, 0.25) is 5.02 Å². The standard InChI is InChI=1S/C13H17ClF3N3O/c14-11-10(18-6-5-9-3-1-2-4-9)7-19-20(12(11)21)8-13(15,16)17/h7,9,18H,1-6,8H2. The van der Waals surface area contributed by atoms with Gasteiger partial charge in [-0.25, -0.2) is 4.68 Å². The topological polar surface area (TPSA) is 46.9 Å². The highest BCUT2D eigenvalue weighted by atomic mass is 35.5. The third-order valence-electron chi connectivity index (χ3n) is 3.66. The Hall–Kier alpha value is -1.24. The van der Waals surface area contributed by atoms with Crippen molar-refractivity contribution in [3.8, 4) is 0 Å². The maximum atomic E-state index is 12.3. The van der Waals surface area contributed by atoms with Crippen LogP contribution in [0.15, 0.2) is 11.0 Å². The molecule has 1 aliphatic rings. The molecule has 0 bridgehead atoms. The van der Waals surface area contributed by atoms with Crippen molar-refractivity contribution in [2.75, 3.05) is 11.9 Å². The number of nitrogens with zero attached hydrogens (tertiary/aromatic N) is 2. The van der Waals surface area contributed by atoms with E-state index in [-0.39, 0.29) is 10.7 Å². The van der Waals surface area contributed by atoms with Crippen molar-refractivity contribution in [3.05, 3.63) is 21.6 Å². The minimum Gasteiger partial charge on any atom is -0.382 e. The predicted octanol–water partition coefficient (Wildman–Crippen LogP) is 3.45. The number of halogens is 4. The van der Waals surface area contributed by atoms with Crippen LogP contribution in [0, 0.1) is 5.92 Å². The van der Waals surface area contributed by atoms with Crippen LogP contribution < -0.4 is 10.9 Å². The fourth-order valence-electron chi connectivity index (χ4n) is 2.58. The van der Waals surface area contributed by atoms with Crippen LogP contribution >= 0.6 is 11.6 Å². The molecule has 0 amide bonds. The van der Waals surface area contributed by atoms with Crippen LogP contribution in [0.25, 0.3) is 0 Å². The van der Waals surface area contributed by atoms with Gasteiger partial charge in [-0.15, -0.1) is 0 Å². The summed E-state index contributed by atoms with van der Waals surface area (Å²) >= 11 is 5.82. The summed E-state index contributed by atoms with van der Waals surface area (Å²) in [4.78, 5) is 11.7. The zero-order valence-corrected chi connectivity index (χ0v) is 12.2. The molecule has 2 rings (SSSR count). The summed E-state index contributed by atoms with van der Waals surface area (Å²) in [6.07, 6.45) is 2.55. The Kier molecular flexibility index (Phi) is 5.13. The molecule has 1 aromatic rings. The van der Waals surface area contributed by atoms with Gasteiger partial charge in [0, 0.05) is 6.54 Å². The van der Waals surface area contributed by atoms with E-state index in [1.807, 2.05) is 0 Å². The molecule has 0 aliphatic heterocycles. The van der Waals surface area contributed by atoms with Gasteiger partial charge >= 0.3 is 6.18 Å². The highest BCUT2D eigenvalue weighted by molar-refractivity contribution is 6.32. The number of nitrogens with one attached hydrogen (secondary N) is 1. The fourth-order valence-corrected chi connectivity index (χ4v) is 2.79. The van der Waals surface area contributed by atoms with E-state index in [1.54, 1.807) is 0 Å². The molecule has 1 heterocycles. The van der Waals surface area contributed by atoms with E-state index in [0.717, 1.165) is 6.42 Å². The van der Waals surface area contributed by atoms with E-state index in [0.29, 0.717) is 17.1 Å². The highest BCUT2D eigenvalue weighted by Crippen LogP contribution is 2.27. The second-order valence-electron chi connectivity index (χ2n) is 5.32. The van der Waals surface area contributed by atoms with Crippen molar-refractivity contribution in [2.45, 2.75) is 44.8 Å². The number of aromatic nitrogens is 2. The third kappa shape index (κ3) is 4.62. The summed E-state index contributed by atoms with van der Waals surface area (Å²) in [7, 11) is 0. The highest BCUT2D eigenvalue weighted by Gasteiger charge is 2.29. The molecule has 0 saturated heterocycles. The minimum atomic E-state index is -4.50. The first-order valence-corrected chi connectivity index (χ1v) is 7.31. The van der Waals surface area contributed by atoms with Gasteiger partial charge in [0.15, 0.2) is 0 Å². The van der Waals surface area contributed by atoms with Crippen LogP contribution in [0.5, 0.6) is 0 Å². The minimum absolute atomic E-state index is 0.249. The Bertz CT molecular complexity index is 538. The monoisotopic (exact) mass is 323 g/mol. The number of hydrogen-bond acceptors (Lipinski definition) is 3. The zero-order valence-electron chi connectivity index (χ0n) is 11.4. The first-order valence-electron chi connectivity index (χ1n) is 6.93. The van der Waals surface area contributed by atoms with Crippen LogP contribution in [0.4, 0.5) is 18.9 Å². The molecule has 21 heavy (non-hydrogen) atoms. The fraction of sp³-hybridized carbons (Fsp3) is 0.692. The predicted molar refractivity (Wildman–Crippen MR) is 74.6 cm³/mol. The largest absolute Gasteiger partial charge is 0.408 e. The summed E-state index contributed by atoms with van der Waals surface area (Å²) in [5, 5.41) is 6.24. The van der Waals surface area contributed by atoms with Gasteiger partial charge < -0.3 is 5.32 Å². The molecule has 1 saturated carbocycles. The van der Waals surface area contributed by atoms with Crippen LogP contribution in [0.3, 0.4) is 0 Å². The molecule has 1 aliphatic carbocycles. The number of alkyl halides is 3. The Morgan fingerprint density at radius 2 is 2.05 bits per heavy atom. The maximum absolute atomic E-state index is 12.3. The number of hydrogen-bond donors (Lipinski definition) is 1. The molecule has 0 radical (unpaired) electrons. The van der Waals surface area contributed by atoms with Crippen molar-refractivity contribution < 1.29 is 13.2 Å². The van der Waals surface area contributed by atoms with Gasteiger partial charge in [0.2, 0.25) is 0 Å². The first kappa shape index (κ1) is 16.1. The van der Waals surface area contributed by atoms with Gasteiger partial charge in [-0.3, -0.25) is 4.79 Å². The molecule has 1 aromatic heterocycles. The molecule has 4 nitrogen and oxygen atoms in total. The molecule has 8 heteroatoms. The van der Waals surface area contributed by atoms with E-state index in [2.05, 4.69) is 10.4 Å². The average Bonchev–Trinajstić information content (AvgIpc) is 2.89. The number of anilines is 1. The summed E-state index contributed by atoms with van der Waals surface area (Å²) in [6.45, 7) is -0.803. The molecule has 0 unspecified atom stereocenters. The van der Waals surface area contributed by atoms with Crippen molar-refractivity contribution in [1.29, 1.82) is 0 Å². The van der Waals surface area contributed by atoms with Gasteiger partial charge in [-0.1, -0.05) is 37.3 Å². The molecule has 118 valence electrons.